The van der Waals surface area contributed by atoms with E-state index in [2.05, 4.69) is 0 Å². The lowest BCUT2D eigenvalue weighted by Crippen LogP contribution is -2.02. The monoisotopic (exact) mass is 300 g/mol. The number of hydrogen-bond acceptors (Lipinski definition) is 4. The molecule has 0 saturated heterocycles. The van der Waals surface area contributed by atoms with Crippen molar-refractivity contribution in [3.05, 3.63) is 47.5 Å². The first-order valence-corrected chi connectivity index (χ1v) is 7.45. The predicted octanol–water partition coefficient (Wildman–Crippen LogP) is 3.75. The van der Waals surface area contributed by atoms with Gasteiger partial charge in [-0.1, -0.05) is 38.1 Å². The van der Waals surface area contributed by atoms with Crippen LogP contribution in [0.3, 0.4) is 0 Å². The molecule has 0 atom stereocenters. The second kappa shape index (κ2) is 7.59. The molecule has 0 bridgehead atoms. The van der Waals surface area contributed by atoms with Crippen LogP contribution in [-0.2, 0) is 32.3 Å². The Kier molecular flexibility index (Phi) is 5.53. The van der Waals surface area contributed by atoms with Crippen molar-refractivity contribution < 1.29 is 19.1 Å². The Morgan fingerprint density at radius 2 is 1.18 bits per heavy atom. The molecule has 0 radical (unpaired) electrons. The largest absolute Gasteiger partial charge is 0.461 e. The number of rotatable bonds is 6. The number of carbonyl (C=O) groups is 2. The predicted molar refractivity (Wildman–Crippen MR) is 84.1 cm³/mol. The van der Waals surface area contributed by atoms with E-state index in [0.29, 0.717) is 26.1 Å². The zero-order valence-corrected chi connectivity index (χ0v) is 12.9. The van der Waals surface area contributed by atoms with Gasteiger partial charge in [-0.25, -0.2) is 0 Å². The van der Waals surface area contributed by atoms with Crippen LogP contribution in [0.25, 0.3) is 10.8 Å². The zero-order chi connectivity index (χ0) is 15.9. The van der Waals surface area contributed by atoms with Crippen molar-refractivity contribution in [2.45, 2.75) is 39.9 Å². The molecule has 0 unspecified atom stereocenters. The molecule has 0 heterocycles. The number of ether oxygens (including phenoxy) is 2. The smallest absolute Gasteiger partial charge is 0.305 e. The van der Waals surface area contributed by atoms with E-state index in [1.54, 1.807) is 13.8 Å². The van der Waals surface area contributed by atoms with Gasteiger partial charge >= 0.3 is 11.9 Å². The third-order valence-electron chi connectivity index (χ3n) is 3.35. The standard InChI is InChI=1S/C18H20O4/c1-3-17(19)21-11-13-5-7-16-10-14(6-8-15(16)9-13)12-22-18(20)4-2/h5-10H,3-4,11-12H2,1-2H3. The van der Waals surface area contributed by atoms with E-state index in [4.69, 9.17) is 9.47 Å². The highest BCUT2D eigenvalue weighted by Gasteiger charge is 2.04. The van der Waals surface area contributed by atoms with Gasteiger partial charge in [0.05, 0.1) is 0 Å². The molecule has 22 heavy (non-hydrogen) atoms. The number of carbonyl (C=O) groups excluding carboxylic acids is 2. The summed E-state index contributed by atoms with van der Waals surface area (Å²) in [4.78, 5) is 22.4. The molecule has 0 amide bonds. The first-order valence-electron chi connectivity index (χ1n) is 7.45. The summed E-state index contributed by atoms with van der Waals surface area (Å²) in [5, 5.41) is 2.13. The summed E-state index contributed by atoms with van der Waals surface area (Å²) < 4.78 is 10.3. The Hall–Kier alpha value is -2.36. The van der Waals surface area contributed by atoms with E-state index < -0.39 is 0 Å². The minimum absolute atomic E-state index is 0.201. The SMILES string of the molecule is CCC(=O)OCc1ccc2cc(COC(=O)CC)ccc2c1. The van der Waals surface area contributed by atoms with Crippen molar-refractivity contribution in [3.63, 3.8) is 0 Å². The first-order chi connectivity index (χ1) is 10.6. The summed E-state index contributed by atoms with van der Waals surface area (Å²) in [7, 11) is 0. The quantitative estimate of drug-likeness (QED) is 0.762. The summed E-state index contributed by atoms with van der Waals surface area (Å²) in [5.74, 6) is -0.402. The maximum Gasteiger partial charge on any atom is 0.305 e. The molecule has 0 aromatic heterocycles. The van der Waals surface area contributed by atoms with Crippen LogP contribution >= 0.6 is 0 Å². The normalized spacial score (nSPS) is 10.5. The average molecular weight is 300 g/mol. The van der Waals surface area contributed by atoms with Crippen LogP contribution in [0.5, 0.6) is 0 Å². The van der Waals surface area contributed by atoms with E-state index in [9.17, 15) is 9.59 Å². The van der Waals surface area contributed by atoms with Gasteiger partial charge in [0.1, 0.15) is 13.2 Å². The van der Waals surface area contributed by atoms with Crippen molar-refractivity contribution in [3.8, 4) is 0 Å². The van der Waals surface area contributed by atoms with Gasteiger partial charge in [-0.3, -0.25) is 9.59 Å². The topological polar surface area (TPSA) is 52.6 Å². The molecule has 4 nitrogen and oxygen atoms in total. The molecule has 116 valence electrons. The average Bonchev–Trinajstić information content (AvgIpc) is 2.57. The van der Waals surface area contributed by atoms with Crippen LogP contribution in [0.15, 0.2) is 36.4 Å². The van der Waals surface area contributed by atoms with Gasteiger partial charge in [0.25, 0.3) is 0 Å². The van der Waals surface area contributed by atoms with Crippen LogP contribution < -0.4 is 0 Å². The zero-order valence-electron chi connectivity index (χ0n) is 12.9. The number of esters is 2. The Morgan fingerprint density at radius 3 is 1.55 bits per heavy atom. The molecule has 0 spiro atoms. The third kappa shape index (κ3) is 4.32. The fraction of sp³-hybridized carbons (Fsp3) is 0.333. The molecule has 0 aliphatic rings. The highest BCUT2D eigenvalue weighted by Crippen LogP contribution is 2.19. The van der Waals surface area contributed by atoms with Gasteiger partial charge < -0.3 is 9.47 Å². The number of hydrogen-bond donors (Lipinski definition) is 0. The molecule has 2 aromatic carbocycles. The van der Waals surface area contributed by atoms with Gasteiger partial charge in [0, 0.05) is 12.8 Å². The van der Waals surface area contributed by atoms with Gasteiger partial charge in [-0.05, 0) is 34.0 Å². The molecule has 0 aliphatic carbocycles. The highest BCUT2D eigenvalue weighted by molar-refractivity contribution is 5.84. The molecular formula is C18H20O4. The lowest BCUT2D eigenvalue weighted by molar-refractivity contribution is -0.145. The van der Waals surface area contributed by atoms with Crippen molar-refractivity contribution in [1.82, 2.24) is 0 Å². The number of benzene rings is 2. The minimum Gasteiger partial charge on any atom is -0.461 e. The summed E-state index contributed by atoms with van der Waals surface area (Å²) in [6.45, 7) is 4.13. The second-order valence-electron chi connectivity index (χ2n) is 5.04. The Balaban J connectivity index is 2.08. The Bertz CT molecular complexity index is 617. The third-order valence-corrected chi connectivity index (χ3v) is 3.35. The fourth-order valence-electron chi connectivity index (χ4n) is 2.06. The van der Waals surface area contributed by atoms with Crippen LogP contribution in [0.1, 0.15) is 37.8 Å². The summed E-state index contributed by atoms with van der Waals surface area (Å²) in [6.07, 6.45) is 0.765. The molecule has 0 fully saturated rings. The van der Waals surface area contributed by atoms with Crippen LogP contribution in [0.2, 0.25) is 0 Å². The van der Waals surface area contributed by atoms with Gasteiger partial charge in [0.15, 0.2) is 0 Å². The van der Waals surface area contributed by atoms with E-state index in [0.717, 1.165) is 21.9 Å². The summed E-state index contributed by atoms with van der Waals surface area (Å²) >= 11 is 0. The van der Waals surface area contributed by atoms with E-state index >= 15 is 0 Å². The molecule has 4 heteroatoms. The summed E-state index contributed by atoms with van der Waals surface area (Å²) in [6, 6.07) is 11.8. The molecule has 0 saturated carbocycles. The molecule has 0 aliphatic heterocycles. The highest BCUT2D eigenvalue weighted by atomic mass is 16.5. The summed E-state index contributed by atoms with van der Waals surface area (Å²) in [5.41, 5.74) is 1.92. The van der Waals surface area contributed by atoms with E-state index in [1.165, 1.54) is 0 Å². The van der Waals surface area contributed by atoms with Crippen molar-refractivity contribution in [1.29, 1.82) is 0 Å². The minimum atomic E-state index is -0.201. The Morgan fingerprint density at radius 1 is 0.773 bits per heavy atom. The second-order valence-corrected chi connectivity index (χ2v) is 5.04. The maximum absolute atomic E-state index is 11.2. The van der Waals surface area contributed by atoms with E-state index in [1.807, 2.05) is 36.4 Å². The van der Waals surface area contributed by atoms with Crippen molar-refractivity contribution in [2.75, 3.05) is 0 Å². The van der Waals surface area contributed by atoms with Gasteiger partial charge in [0.2, 0.25) is 0 Å². The van der Waals surface area contributed by atoms with E-state index in [-0.39, 0.29) is 11.9 Å². The van der Waals surface area contributed by atoms with Gasteiger partial charge in [-0.2, -0.15) is 0 Å². The van der Waals surface area contributed by atoms with Gasteiger partial charge in [-0.15, -0.1) is 0 Å². The molecular weight excluding hydrogens is 280 g/mol. The van der Waals surface area contributed by atoms with Crippen LogP contribution in [0.4, 0.5) is 0 Å². The van der Waals surface area contributed by atoms with Crippen molar-refractivity contribution in [2.24, 2.45) is 0 Å². The lowest BCUT2D eigenvalue weighted by atomic mass is 10.0. The Labute approximate surface area is 130 Å². The molecule has 0 N–H and O–H groups in total. The molecule has 2 aromatic rings. The number of fused-ring (bicyclic) bond motifs is 1. The lowest BCUT2D eigenvalue weighted by Gasteiger charge is -2.07. The maximum atomic E-state index is 11.2. The van der Waals surface area contributed by atoms with Crippen LogP contribution in [-0.4, -0.2) is 11.9 Å². The molecule has 2 rings (SSSR count). The van der Waals surface area contributed by atoms with Crippen LogP contribution in [0, 0.1) is 0 Å². The fourth-order valence-corrected chi connectivity index (χ4v) is 2.06. The van der Waals surface area contributed by atoms with Crippen molar-refractivity contribution >= 4 is 22.7 Å². The first kappa shape index (κ1) is 16.0.